The van der Waals surface area contributed by atoms with Gasteiger partial charge in [0.2, 0.25) is 5.95 Å². The van der Waals surface area contributed by atoms with Crippen molar-refractivity contribution in [2.45, 2.75) is 25.8 Å². The Morgan fingerprint density at radius 1 is 1.23 bits per heavy atom. The third-order valence-corrected chi connectivity index (χ3v) is 5.65. The molecule has 5 nitrogen and oxygen atoms in total. The fourth-order valence-electron chi connectivity index (χ4n) is 3.38. The second kappa shape index (κ2) is 6.89. The molecule has 3 heterocycles. The Kier molecular flexibility index (Phi) is 4.43. The summed E-state index contributed by atoms with van der Waals surface area (Å²) in [4.78, 5) is 19.6. The number of hydrogen-bond donors (Lipinski definition) is 0. The summed E-state index contributed by atoms with van der Waals surface area (Å²) in [6, 6.07) is 9.38. The van der Waals surface area contributed by atoms with Crippen LogP contribution in [0.5, 0.6) is 0 Å². The number of halogens is 1. The largest absolute Gasteiger partial charge is 0.342 e. The molecule has 1 aliphatic rings. The molecule has 0 saturated carbocycles. The number of hydrogen-bond acceptors (Lipinski definition) is 5. The van der Waals surface area contributed by atoms with Crippen LogP contribution in [-0.2, 0) is 6.54 Å². The van der Waals surface area contributed by atoms with Crippen LogP contribution in [0.1, 0.15) is 30.4 Å². The summed E-state index contributed by atoms with van der Waals surface area (Å²) < 4.78 is 16.0. The van der Waals surface area contributed by atoms with Crippen molar-refractivity contribution in [3.05, 3.63) is 56.9 Å². The van der Waals surface area contributed by atoms with Crippen molar-refractivity contribution in [2.75, 3.05) is 18.0 Å². The smallest absolute Gasteiger partial charge is 0.273 e. The summed E-state index contributed by atoms with van der Waals surface area (Å²) in [5.41, 5.74) is 1.18. The molecule has 1 aromatic carbocycles. The first-order valence-electron chi connectivity index (χ1n) is 8.59. The Hall–Kier alpha value is -2.72. The summed E-state index contributed by atoms with van der Waals surface area (Å²) >= 11 is 1.08. The summed E-state index contributed by atoms with van der Waals surface area (Å²) in [7, 11) is 0. The van der Waals surface area contributed by atoms with Gasteiger partial charge in [-0.2, -0.15) is 5.26 Å². The molecule has 0 radical (unpaired) electrons. The molecule has 0 N–H and O–H groups in total. The van der Waals surface area contributed by atoms with Gasteiger partial charge < -0.3 is 4.90 Å². The van der Waals surface area contributed by atoms with Crippen LogP contribution in [0.3, 0.4) is 0 Å². The molecule has 0 unspecified atom stereocenters. The Balaban J connectivity index is 1.90. The number of aromatic nitrogens is 2. The number of nitrogens with zero attached hydrogens (tertiary/aromatic N) is 4. The number of benzene rings is 1. The maximum absolute atomic E-state index is 14.1. The molecule has 26 heavy (non-hydrogen) atoms. The summed E-state index contributed by atoms with van der Waals surface area (Å²) in [6.07, 6.45) is 3.19. The number of anilines is 1. The van der Waals surface area contributed by atoms with Crippen LogP contribution in [0.4, 0.5) is 10.3 Å². The van der Waals surface area contributed by atoms with Crippen molar-refractivity contribution in [1.29, 1.82) is 5.26 Å². The highest BCUT2D eigenvalue weighted by molar-refractivity contribution is 7.17. The van der Waals surface area contributed by atoms with Gasteiger partial charge in [0, 0.05) is 18.5 Å². The minimum absolute atomic E-state index is 0.144. The van der Waals surface area contributed by atoms with Gasteiger partial charge in [0.15, 0.2) is 5.82 Å². The van der Waals surface area contributed by atoms with Crippen molar-refractivity contribution in [2.24, 2.45) is 0 Å². The molecular weight excluding hydrogens is 351 g/mol. The van der Waals surface area contributed by atoms with Crippen molar-refractivity contribution in [3.63, 3.8) is 0 Å². The molecule has 1 aliphatic heterocycles. The number of fused-ring (bicyclic) bond motifs is 1. The van der Waals surface area contributed by atoms with E-state index in [0.29, 0.717) is 16.2 Å². The van der Waals surface area contributed by atoms with Crippen LogP contribution >= 0.6 is 11.3 Å². The monoisotopic (exact) mass is 368 g/mol. The van der Waals surface area contributed by atoms with Crippen LogP contribution in [0.15, 0.2) is 34.4 Å². The van der Waals surface area contributed by atoms with Gasteiger partial charge in [-0.1, -0.05) is 18.2 Å². The number of rotatable bonds is 3. The maximum Gasteiger partial charge on any atom is 0.273 e. The molecule has 2 aromatic heterocycles. The molecule has 4 rings (SSSR count). The molecule has 132 valence electrons. The standard InChI is InChI=1S/C19H17FN4OS/c20-15-12-26-17-16(15)22-19(23-8-4-1-5-9-23)24(18(17)25)11-14-7-3-2-6-13(14)10-21/h2-3,6-7,12H,1,4-5,8-9,11H2. The van der Waals surface area contributed by atoms with E-state index in [1.807, 2.05) is 12.1 Å². The van der Waals surface area contributed by atoms with Crippen LogP contribution in [0.2, 0.25) is 0 Å². The van der Waals surface area contributed by atoms with Gasteiger partial charge >= 0.3 is 0 Å². The van der Waals surface area contributed by atoms with E-state index in [1.54, 1.807) is 16.7 Å². The number of thiophene rings is 1. The molecule has 0 bridgehead atoms. The molecule has 1 fully saturated rings. The van der Waals surface area contributed by atoms with Crippen LogP contribution in [-0.4, -0.2) is 22.6 Å². The van der Waals surface area contributed by atoms with Crippen molar-refractivity contribution >= 4 is 27.5 Å². The van der Waals surface area contributed by atoms with E-state index in [2.05, 4.69) is 16.0 Å². The van der Waals surface area contributed by atoms with Gasteiger partial charge in [-0.15, -0.1) is 11.3 Å². The van der Waals surface area contributed by atoms with Gasteiger partial charge in [-0.25, -0.2) is 9.37 Å². The number of nitriles is 1. The van der Waals surface area contributed by atoms with E-state index < -0.39 is 5.82 Å². The first-order chi connectivity index (χ1) is 12.7. The zero-order valence-corrected chi connectivity index (χ0v) is 14.9. The van der Waals surface area contributed by atoms with Crippen molar-refractivity contribution in [3.8, 4) is 6.07 Å². The van der Waals surface area contributed by atoms with E-state index in [1.165, 1.54) is 5.38 Å². The highest BCUT2D eigenvalue weighted by atomic mass is 32.1. The molecule has 0 spiro atoms. The summed E-state index contributed by atoms with van der Waals surface area (Å²) in [5, 5.41) is 10.7. The van der Waals surface area contributed by atoms with E-state index in [-0.39, 0.29) is 17.6 Å². The first kappa shape index (κ1) is 16.7. The van der Waals surface area contributed by atoms with Crippen LogP contribution in [0, 0.1) is 17.1 Å². The third-order valence-electron chi connectivity index (χ3n) is 4.72. The molecule has 0 atom stereocenters. The lowest BCUT2D eigenvalue weighted by Crippen LogP contribution is -2.36. The lowest BCUT2D eigenvalue weighted by atomic mass is 10.1. The number of piperidine rings is 1. The van der Waals surface area contributed by atoms with Crippen molar-refractivity contribution in [1.82, 2.24) is 9.55 Å². The minimum atomic E-state index is -0.454. The van der Waals surface area contributed by atoms with E-state index in [0.717, 1.165) is 49.3 Å². The fourth-order valence-corrected chi connectivity index (χ4v) is 4.17. The van der Waals surface area contributed by atoms with Gasteiger partial charge in [0.05, 0.1) is 18.2 Å². The Morgan fingerprint density at radius 2 is 2.00 bits per heavy atom. The Bertz CT molecular complexity index is 1060. The van der Waals surface area contributed by atoms with Crippen molar-refractivity contribution < 1.29 is 4.39 Å². The predicted molar refractivity (Wildman–Crippen MR) is 100 cm³/mol. The zero-order chi connectivity index (χ0) is 18.1. The molecule has 0 aliphatic carbocycles. The van der Waals surface area contributed by atoms with Gasteiger partial charge in [-0.05, 0) is 30.9 Å². The second-order valence-corrected chi connectivity index (χ2v) is 7.26. The molecule has 7 heteroatoms. The molecule has 1 saturated heterocycles. The second-order valence-electron chi connectivity index (χ2n) is 6.38. The maximum atomic E-state index is 14.1. The van der Waals surface area contributed by atoms with Gasteiger partial charge in [0.25, 0.3) is 5.56 Å². The van der Waals surface area contributed by atoms with Gasteiger partial charge in [0.1, 0.15) is 10.2 Å². The highest BCUT2D eigenvalue weighted by Gasteiger charge is 2.22. The Morgan fingerprint density at radius 3 is 2.77 bits per heavy atom. The normalized spacial score (nSPS) is 14.5. The molecule has 3 aromatic rings. The van der Waals surface area contributed by atoms with E-state index in [4.69, 9.17) is 0 Å². The lowest BCUT2D eigenvalue weighted by Gasteiger charge is -2.29. The van der Waals surface area contributed by atoms with E-state index in [9.17, 15) is 14.4 Å². The zero-order valence-electron chi connectivity index (χ0n) is 14.1. The van der Waals surface area contributed by atoms with Gasteiger partial charge in [-0.3, -0.25) is 9.36 Å². The predicted octanol–water partition coefficient (Wildman–Crippen LogP) is 3.51. The van der Waals surface area contributed by atoms with E-state index >= 15 is 0 Å². The summed E-state index contributed by atoms with van der Waals surface area (Å²) in [6.45, 7) is 1.84. The first-order valence-corrected chi connectivity index (χ1v) is 9.47. The summed E-state index contributed by atoms with van der Waals surface area (Å²) in [5.74, 6) is 0.0391. The fraction of sp³-hybridized carbons (Fsp3) is 0.316. The average Bonchev–Trinajstić information content (AvgIpc) is 3.06. The minimum Gasteiger partial charge on any atom is -0.342 e. The Labute approximate surface area is 153 Å². The SMILES string of the molecule is N#Cc1ccccc1Cn1c(N2CCCCC2)nc2c(F)csc2c1=O. The lowest BCUT2D eigenvalue weighted by molar-refractivity contribution is 0.552. The molecule has 0 amide bonds. The third kappa shape index (κ3) is 2.86. The quantitative estimate of drug-likeness (QED) is 0.710. The molecular formula is C19H17FN4OS. The average molecular weight is 368 g/mol. The highest BCUT2D eigenvalue weighted by Crippen LogP contribution is 2.25. The topological polar surface area (TPSA) is 61.9 Å². The van der Waals surface area contributed by atoms with Crippen LogP contribution in [0.25, 0.3) is 10.2 Å². The van der Waals surface area contributed by atoms with Crippen LogP contribution < -0.4 is 10.5 Å².